The van der Waals surface area contributed by atoms with E-state index in [0.29, 0.717) is 28.9 Å². The average molecular weight is 369 g/mol. The van der Waals surface area contributed by atoms with E-state index in [1.165, 1.54) is 4.40 Å². The van der Waals surface area contributed by atoms with Gasteiger partial charge in [0.2, 0.25) is 0 Å². The third-order valence-electron chi connectivity index (χ3n) is 5.00. The maximum Gasteiger partial charge on any atom is 0.268 e. The number of amides is 1. The summed E-state index contributed by atoms with van der Waals surface area (Å²) in [6.07, 6.45) is 1.76. The normalized spacial score (nSPS) is 15.5. The predicted molar refractivity (Wildman–Crippen MR) is 102 cm³/mol. The minimum absolute atomic E-state index is 0.165. The van der Waals surface area contributed by atoms with Crippen molar-refractivity contribution in [1.29, 1.82) is 0 Å². The van der Waals surface area contributed by atoms with Crippen molar-refractivity contribution < 1.29 is 9.53 Å². The van der Waals surface area contributed by atoms with E-state index in [0.717, 1.165) is 38.4 Å². The van der Waals surface area contributed by atoms with Crippen LogP contribution >= 0.6 is 0 Å². The first-order valence-electron chi connectivity index (χ1n) is 9.11. The van der Waals surface area contributed by atoms with Crippen LogP contribution in [0.5, 0.6) is 0 Å². The van der Waals surface area contributed by atoms with Gasteiger partial charge in [-0.25, -0.2) is 4.98 Å². The second-order valence-corrected chi connectivity index (χ2v) is 6.89. The molecule has 3 aromatic heterocycles. The maximum atomic E-state index is 12.8. The van der Waals surface area contributed by atoms with Crippen molar-refractivity contribution in [2.24, 2.45) is 7.05 Å². The molecule has 0 atom stereocenters. The van der Waals surface area contributed by atoms with Gasteiger partial charge >= 0.3 is 0 Å². The van der Waals surface area contributed by atoms with Crippen molar-refractivity contribution >= 4 is 22.6 Å². The summed E-state index contributed by atoms with van der Waals surface area (Å²) in [5.41, 5.74) is 2.33. The molecule has 0 unspecified atom stereocenters. The van der Waals surface area contributed by atoms with Crippen LogP contribution in [0.25, 0.3) is 16.7 Å². The number of aromatic nitrogens is 3. The van der Waals surface area contributed by atoms with Crippen LogP contribution in [0.4, 0.5) is 0 Å². The SMILES string of the molecule is Cc1ccc2nc3c(cc(C(=O)NCCN4CCOCC4)n3C)c(=O)n2c1. The van der Waals surface area contributed by atoms with Crippen molar-refractivity contribution in [3.05, 3.63) is 46.0 Å². The number of nitrogens with zero attached hydrogens (tertiary/aromatic N) is 4. The Morgan fingerprint density at radius 3 is 2.85 bits per heavy atom. The highest BCUT2D eigenvalue weighted by molar-refractivity contribution is 5.98. The Balaban J connectivity index is 1.59. The molecule has 1 amide bonds. The van der Waals surface area contributed by atoms with E-state index in [2.05, 4.69) is 15.2 Å². The lowest BCUT2D eigenvalue weighted by atomic mass is 10.3. The minimum atomic E-state index is -0.201. The molecule has 0 saturated carbocycles. The second kappa shape index (κ2) is 7.13. The van der Waals surface area contributed by atoms with Gasteiger partial charge in [0.15, 0.2) is 0 Å². The molecule has 0 aliphatic carbocycles. The van der Waals surface area contributed by atoms with Crippen LogP contribution in [-0.4, -0.2) is 64.2 Å². The van der Waals surface area contributed by atoms with Crippen molar-refractivity contribution in [2.75, 3.05) is 39.4 Å². The van der Waals surface area contributed by atoms with Crippen molar-refractivity contribution in [3.8, 4) is 0 Å². The molecular weight excluding hydrogens is 346 g/mol. The van der Waals surface area contributed by atoms with Crippen molar-refractivity contribution in [1.82, 2.24) is 24.2 Å². The number of morpholine rings is 1. The number of nitrogens with one attached hydrogen (secondary N) is 1. The summed E-state index contributed by atoms with van der Waals surface area (Å²) in [5, 5.41) is 3.38. The van der Waals surface area contributed by atoms with Crippen LogP contribution in [0.1, 0.15) is 16.1 Å². The fourth-order valence-corrected chi connectivity index (χ4v) is 3.44. The molecular formula is C19H23N5O3. The molecule has 1 saturated heterocycles. The number of carbonyl (C=O) groups excluding carboxylic acids is 1. The molecule has 0 aromatic carbocycles. The molecule has 1 N–H and O–H groups in total. The Labute approximate surface area is 156 Å². The third-order valence-corrected chi connectivity index (χ3v) is 5.00. The van der Waals surface area contributed by atoms with Gasteiger partial charge in [0, 0.05) is 39.4 Å². The van der Waals surface area contributed by atoms with Gasteiger partial charge in [0.25, 0.3) is 11.5 Å². The summed E-state index contributed by atoms with van der Waals surface area (Å²) in [5.74, 6) is -0.201. The van der Waals surface area contributed by atoms with E-state index in [1.807, 2.05) is 19.1 Å². The lowest BCUT2D eigenvalue weighted by Gasteiger charge is -2.26. The molecule has 8 heteroatoms. The topological polar surface area (TPSA) is 80.9 Å². The van der Waals surface area contributed by atoms with Gasteiger partial charge in [0.1, 0.15) is 17.0 Å². The summed E-state index contributed by atoms with van der Waals surface area (Å²) in [4.78, 5) is 32.3. The van der Waals surface area contributed by atoms with Gasteiger partial charge in [0.05, 0.1) is 18.6 Å². The molecule has 0 spiro atoms. The zero-order valence-electron chi connectivity index (χ0n) is 15.6. The van der Waals surface area contributed by atoms with Gasteiger partial charge in [-0.05, 0) is 24.6 Å². The smallest absolute Gasteiger partial charge is 0.268 e. The summed E-state index contributed by atoms with van der Waals surface area (Å²) in [6, 6.07) is 5.35. The highest BCUT2D eigenvalue weighted by Crippen LogP contribution is 2.15. The molecule has 4 rings (SSSR count). The minimum Gasteiger partial charge on any atom is -0.379 e. The quantitative estimate of drug-likeness (QED) is 0.727. The first kappa shape index (κ1) is 17.7. The fraction of sp³-hybridized carbons (Fsp3) is 0.421. The Morgan fingerprint density at radius 1 is 1.30 bits per heavy atom. The highest BCUT2D eigenvalue weighted by Gasteiger charge is 2.18. The first-order valence-corrected chi connectivity index (χ1v) is 9.11. The first-order chi connectivity index (χ1) is 13.0. The van der Waals surface area contributed by atoms with Gasteiger partial charge in [-0.2, -0.15) is 0 Å². The fourth-order valence-electron chi connectivity index (χ4n) is 3.44. The number of rotatable bonds is 4. The highest BCUT2D eigenvalue weighted by atomic mass is 16.5. The molecule has 27 heavy (non-hydrogen) atoms. The van der Waals surface area contributed by atoms with Gasteiger partial charge in [-0.15, -0.1) is 0 Å². The van der Waals surface area contributed by atoms with Gasteiger partial charge in [-0.1, -0.05) is 6.07 Å². The average Bonchev–Trinajstić information content (AvgIpc) is 3.00. The number of fused-ring (bicyclic) bond motifs is 2. The molecule has 0 bridgehead atoms. The number of pyridine rings is 1. The van der Waals surface area contributed by atoms with Crippen LogP contribution in [0, 0.1) is 6.92 Å². The molecule has 4 heterocycles. The second-order valence-electron chi connectivity index (χ2n) is 6.89. The predicted octanol–water partition coefficient (Wildman–Crippen LogP) is 0.557. The van der Waals surface area contributed by atoms with E-state index in [9.17, 15) is 9.59 Å². The number of hydrogen-bond acceptors (Lipinski definition) is 5. The van der Waals surface area contributed by atoms with Crippen molar-refractivity contribution in [2.45, 2.75) is 6.92 Å². The van der Waals surface area contributed by atoms with Gasteiger partial charge < -0.3 is 14.6 Å². The number of carbonyl (C=O) groups is 1. The van der Waals surface area contributed by atoms with Crippen LogP contribution in [-0.2, 0) is 11.8 Å². The third kappa shape index (κ3) is 3.33. The monoisotopic (exact) mass is 369 g/mol. The summed E-state index contributed by atoms with van der Waals surface area (Å²) < 4.78 is 8.53. The van der Waals surface area contributed by atoms with E-state index in [4.69, 9.17) is 4.74 Å². The molecule has 1 aliphatic heterocycles. The Kier molecular flexibility index (Phi) is 4.67. The van der Waals surface area contributed by atoms with E-state index in [1.54, 1.807) is 23.9 Å². The lowest BCUT2D eigenvalue weighted by Crippen LogP contribution is -2.41. The van der Waals surface area contributed by atoms with Crippen molar-refractivity contribution in [3.63, 3.8) is 0 Å². The zero-order chi connectivity index (χ0) is 19.0. The molecule has 1 fully saturated rings. The lowest BCUT2D eigenvalue weighted by molar-refractivity contribution is 0.0383. The molecule has 1 aliphatic rings. The van der Waals surface area contributed by atoms with Crippen LogP contribution in [0.3, 0.4) is 0 Å². The van der Waals surface area contributed by atoms with E-state index in [-0.39, 0.29) is 11.5 Å². The maximum absolute atomic E-state index is 12.8. The largest absolute Gasteiger partial charge is 0.379 e. The molecule has 8 nitrogen and oxygen atoms in total. The van der Waals surface area contributed by atoms with E-state index >= 15 is 0 Å². The number of hydrogen-bond donors (Lipinski definition) is 1. The number of aryl methyl sites for hydroxylation is 2. The van der Waals surface area contributed by atoms with Gasteiger partial charge in [-0.3, -0.25) is 18.9 Å². The standard InChI is InChI=1S/C19H23N5O3/c1-13-3-4-16-21-17-14(19(26)24(16)12-13)11-15(22(17)2)18(25)20-5-6-23-7-9-27-10-8-23/h3-4,11-12H,5-10H2,1-2H3,(H,20,25). The molecule has 3 aromatic rings. The summed E-state index contributed by atoms with van der Waals surface area (Å²) in [7, 11) is 1.76. The van der Waals surface area contributed by atoms with Crippen LogP contribution in [0.15, 0.2) is 29.2 Å². The summed E-state index contributed by atoms with van der Waals surface area (Å²) in [6.45, 7) is 6.50. The van der Waals surface area contributed by atoms with Crippen LogP contribution < -0.4 is 10.9 Å². The Bertz CT molecular complexity index is 1060. The molecule has 0 radical (unpaired) electrons. The zero-order valence-corrected chi connectivity index (χ0v) is 15.6. The Hall–Kier alpha value is -2.71. The summed E-state index contributed by atoms with van der Waals surface area (Å²) >= 11 is 0. The van der Waals surface area contributed by atoms with Crippen LogP contribution in [0.2, 0.25) is 0 Å². The Morgan fingerprint density at radius 2 is 2.07 bits per heavy atom. The molecule has 142 valence electrons. The number of ether oxygens (including phenoxy) is 1. The van der Waals surface area contributed by atoms with E-state index < -0.39 is 0 Å².